The maximum Gasteiger partial charge on any atom is 0.269 e. The normalized spacial score (nSPS) is 11.3. The minimum Gasteiger partial charge on any atom is -0.351 e. The first-order valence-electron chi connectivity index (χ1n) is 9.37. The Morgan fingerprint density at radius 2 is 1.80 bits per heavy atom. The fraction of sp³-hybridized carbons (Fsp3) is 0.238. The predicted molar refractivity (Wildman–Crippen MR) is 110 cm³/mol. The summed E-state index contributed by atoms with van der Waals surface area (Å²) in [5, 5.41) is 15.9. The minimum absolute atomic E-state index is 0.124. The van der Waals surface area contributed by atoms with Gasteiger partial charge in [-0.1, -0.05) is 18.2 Å². The quantitative estimate of drug-likeness (QED) is 0.247. The Hall–Kier alpha value is -3.59. The molecular formula is C21H24FN4O4+. The maximum absolute atomic E-state index is 14.0. The number of nitro groups is 1. The number of benzene rings is 2. The lowest BCUT2D eigenvalue weighted by atomic mass is 10.1. The first-order valence-corrected chi connectivity index (χ1v) is 9.37. The molecule has 2 rings (SSSR count). The molecule has 8 nitrogen and oxygen atoms in total. The molecule has 9 heteroatoms. The summed E-state index contributed by atoms with van der Waals surface area (Å²) in [7, 11) is 3.99. The lowest BCUT2D eigenvalue weighted by Gasteiger charge is -2.12. The largest absolute Gasteiger partial charge is 0.351 e. The standard InChI is InChI=1S/C21H23FN4O4/c1-25(2)13-5-12-23-21(28)19(14-16-6-3-4-7-18(16)22)24-20(27)15-8-10-17(11-9-15)26(29)30/h3-4,6-11,14H,5,12-13H2,1-2H3,(H,23,28)(H,24,27)/p+1/b19-14+. The van der Waals surface area contributed by atoms with Crippen molar-refractivity contribution >= 4 is 23.6 Å². The van der Waals surface area contributed by atoms with Gasteiger partial charge in [0.15, 0.2) is 0 Å². The smallest absolute Gasteiger partial charge is 0.269 e. The van der Waals surface area contributed by atoms with Crippen LogP contribution >= 0.6 is 0 Å². The van der Waals surface area contributed by atoms with Crippen molar-refractivity contribution in [2.45, 2.75) is 6.42 Å². The number of nitrogens with one attached hydrogen (secondary N) is 3. The zero-order chi connectivity index (χ0) is 22.1. The van der Waals surface area contributed by atoms with Crippen molar-refractivity contribution in [2.24, 2.45) is 0 Å². The van der Waals surface area contributed by atoms with Crippen LogP contribution in [-0.4, -0.2) is 43.9 Å². The SMILES string of the molecule is C[NH+](C)CCCNC(=O)/C(=C\c1ccccc1F)NC(=O)c1ccc([N+](=O)[O-])cc1. The van der Waals surface area contributed by atoms with Crippen molar-refractivity contribution in [3.63, 3.8) is 0 Å². The molecule has 0 aliphatic heterocycles. The second-order valence-corrected chi connectivity index (χ2v) is 6.90. The van der Waals surface area contributed by atoms with Gasteiger partial charge in [0.25, 0.3) is 17.5 Å². The summed E-state index contributed by atoms with van der Waals surface area (Å²) < 4.78 is 14.0. The van der Waals surface area contributed by atoms with E-state index in [1.807, 2.05) is 14.1 Å². The first-order chi connectivity index (χ1) is 14.3. The van der Waals surface area contributed by atoms with Gasteiger partial charge >= 0.3 is 0 Å². The van der Waals surface area contributed by atoms with Crippen molar-refractivity contribution in [1.29, 1.82) is 0 Å². The van der Waals surface area contributed by atoms with Gasteiger partial charge in [0.05, 0.1) is 25.6 Å². The summed E-state index contributed by atoms with van der Waals surface area (Å²) in [5.74, 6) is -1.73. The summed E-state index contributed by atoms with van der Waals surface area (Å²) in [6.45, 7) is 1.24. The number of carbonyl (C=O) groups excluding carboxylic acids is 2. The van der Waals surface area contributed by atoms with Crippen LogP contribution in [0.25, 0.3) is 6.08 Å². The topological polar surface area (TPSA) is 106 Å². The lowest BCUT2D eigenvalue weighted by Crippen LogP contribution is -3.05. The van der Waals surface area contributed by atoms with Crippen molar-refractivity contribution < 1.29 is 23.8 Å². The van der Waals surface area contributed by atoms with Gasteiger partial charge in [0.2, 0.25) is 0 Å². The molecule has 0 saturated heterocycles. The van der Waals surface area contributed by atoms with E-state index in [9.17, 15) is 24.1 Å². The Morgan fingerprint density at radius 3 is 2.40 bits per heavy atom. The van der Waals surface area contributed by atoms with Crippen LogP contribution in [0, 0.1) is 15.9 Å². The number of quaternary nitrogens is 1. The van der Waals surface area contributed by atoms with E-state index < -0.39 is 22.6 Å². The number of nitro benzene ring substituents is 1. The monoisotopic (exact) mass is 415 g/mol. The van der Waals surface area contributed by atoms with Crippen molar-refractivity contribution in [3.8, 4) is 0 Å². The van der Waals surface area contributed by atoms with Crippen molar-refractivity contribution in [2.75, 3.05) is 27.2 Å². The van der Waals surface area contributed by atoms with Crippen LogP contribution in [0.2, 0.25) is 0 Å². The molecule has 0 aliphatic rings. The van der Waals surface area contributed by atoms with Crippen LogP contribution in [0.5, 0.6) is 0 Å². The third-order valence-corrected chi connectivity index (χ3v) is 4.18. The Kier molecular flexibility index (Phi) is 8.18. The van der Waals surface area contributed by atoms with E-state index in [1.54, 1.807) is 6.07 Å². The molecule has 0 fully saturated rings. The summed E-state index contributed by atoms with van der Waals surface area (Å²) >= 11 is 0. The van der Waals surface area contributed by atoms with Crippen LogP contribution in [0.4, 0.5) is 10.1 Å². The molecule has 2 aromatic rings. The van der Waals surface area contributed by atoms with Gasteiger partial charge < -0.3 is 15.5 Å². The number of amides is 2. The summed E-state index contributed by atoms with van der Waals surface area (Å²) in [5.41, 5.74) is -0.0106. The average molecular weight is 415 g/mol. The molecule has 3 N–H and O–H groups in total. The highest BCUT2D eigenvalue weighted by atomic mass is 19.1. The highest BCUT2D eigenvalue weighted by molar-refractivity contribution is 6.05. The molecule has 0 heterocycles. The van der Waals surface area contributed by atoms with E-state index in [1.165, 1.54) is 53.4 Å². The molecule has 2 amide bonds. The molecule has 2 aromatic carbocycles. The number of non-ortho nitro benzene ring substituents is 1. The van der Waals surface area contributed by atoms with E-state index in [-0.39, 0.29) is 22.5 Å². The van der Waals surface area contributed by atoms with E-state index >= 15 is 0 Å². The van der Waals surface area contributed by atoms with E-state index in [2.05, 4.69) is 10.6 Å². The second kappa shape index (κ2) is 10.8. The molecule has 0 atom stereocenters. The fourth-order valence-electron chi connectivity index (χ4n) is 2.57. The van der Waals surface area contributed by atoms with Crippen LogP contribution in [0.1, 0.15) is 22.3 Å². The Balaban J connectivity index is 2.20. The molecule has 30 heavy (non-hydrogen) atoms. The van der Waals surface area contributed by atoms with E-state index in [0.29, 0.717) is 6.54 Å². The van der Waals surface area contributed by atoms with Gasteiger partial charge in [-0.3, -0.25) is 19.7 Å². The van der Waals surface area contributed by atoms with Gasteiger partial charge in [-0.25, -0.2) is 4.39 Å². The fourth-order valence-corrected chi connectivity index (χ4v) is 2.57. The van der Waals surface area contributed by atoms with Crippen molar-refractivity contribution in [3.05, 3.63) is 81.3 Å². The highest BCUT2D eigenvalue weighted by Gasteiger charge is 2.16. The molecule has 0 spiro atoms. The van der Waals surface area contributed by atoms with E-state index in [4.69, 9.17) is 0 Å². The predicted octanol–water partition coefficient (Wildman–Crippen LogP) is 1.16. The van der Waals surface area contributed by atoms with Gasteiger partial charge in [0.1, 0.15) is 11.5 Å². The first kappa shape index (κ1) is 22.7. The number of nitrogens with zero attached hydrogens (tertiary/aromatic N) is 1. The van der Waals surface area contributed by atoms with Crippen LogP contribution in [0.15, 0.2) is 54.2 Å². The Morgan fingerprint density at radius 1 is 1.13 bits per heavy atom. The van der Waals surface area contributed by atoms with Gasteiger partial charge in [-0.2, -0.15) is 0 Å². The number of carbonyl (C=O) groups is 2. The molecule has 0 aromatic heterocycles. The molecule has 0 radical (unpaired) electrons. The maximum atomic E-state index is 14.0. The molecule has 0 bridgehead atoms. The molecule has 0 aliphatic carbocycles. The second-order valence-electron chi connectivity index (χ2n) is 6.90. The van der Waals surface area contributed by atoms with Crippen LogP contribution in [0.3, 0.4) is 0 Å². The summed E-state index contributed by atoms with van der Waals surface area (Å²) in [4.78, 5) is 36.6. The van der Waals surface area contributed by atoms with Gasteiger partial charge in [0, 0.05) is 36.2 Å². The Bertz CT molecular complexity index is 942. The highest BCUT2D eigenvalue weighted by Crippen LogP contribution is 2.14. The molecule has 0 saturated carbocycles. The summed E-state index contributed by atoms with van der Waals surface area (Å²) in [6.07, 6.45) is 1.99. The average Bonchev–Trinajstić information content (AvgIpc) is 2.72. The third kappa shape index (κ3) is 6.78. The van der Waals surface area contributed by atoms with Crippen LogP contribution < -0.4 is 15.5 Å². The van der Waals surface area contributed by atoms with Gasteiger partial charge in [-0.05, 0) is 24.3 Å². The third-order valence-electron chi connectivity index (χ3n) is 4.18. The molecular weight excluding hydrogens is 391 g/mol. The number of rotatable bonds is 9. The Labute approximate surface area is 173 Å². The zero-order valence-electron chi connectivity index (χ0n) is 16.8. The van der Waals surface area contributed by atoms with Gasteiger partial charge in [-0.15, -0.1) is 0 Å². The lowest BCUT2D eigenvalue weighted by molar-refractivity contribution is -0.858. The summed E-state index contributed by atoms with van der Waals surface area (Å²) in [6, 6.07) is 10.8. The zero-order valence-corrected chi connectivity index (χ0v) is 16.8. The molecule has 0 unspecified atom stereocenters. The van der Waals surface area contributed by atoms with Crippen molar-refractivity contribution in [1.82, 2.24) is 10.6 Å². The number of hydrogen-bond acceptors (Lipinski definition) is 4. The number of halogens is 1. The molecule has 158 valence electrons. The minimum atomic E-state index is -0.639. The van der Waals surface area contributed by atoms with E-state index in [0.717, 1.165) is 13.0 Å². The van der Waals surface area contributed by atoms with Crippen LogP contribution in [-0.2, 0) is 4.79 Å². The number of hydrogen-bond donors (Lipinski definition) is 3.